The highest BCUT2D eigenvalue weighted by Crippen LogP contribution is 2.23. The number of hydrogen-bond donors (Lipinski definition) is 2. The Kier molecular flexibility index (Phi) is 5.72. The summed E-state index contributed by atoms with van der Waals surface area (Å²) in [6.45, 7) is 8.67. The Labute approximate surface area is 121 Å². The molecule has 112 valence electrons. The topological polar surface area (TPSA) is 52.6 Å². The molecule has 0 spiro atoms. The monoisotopic (exact) mass is 278 g/mol. The van der Waals surface area contributed by atoms with Crippen molar-refractivity contribution in [2.75, 3.05) is 25.5 Å². The van der Waals surface area contributed by atoms with E-state index in [4.69, 9.17) is 5.11 Å². The molecule has 0 saturated carbocycles. The van der Waals surface area contributed by atoms with Crippen LogP contribution in [0.2, 0.25) is 0 Å². The molecule has 4 heteroatoms. The third-order valence-corrected chi connectivity index (χ3v) is 3.44. The van der Waals surface area contributed by atoms with Gasteiger partial charge in [0.05, 0.1) is 13.2 Å². The van der Waals surface area contributed by atoms with E-state index in [2.05, 4.69) is 26.1 Å². The number of amides is 1. The van der Waals surface area contributed by atoms with Crippen LogP contribution in [-0.4, -0.2) is 42.2 Å². The predicted molar refractivity (Wildman–Crippen MR) is 82.9 cm³/mol. The van der Waals surface area contributed by atoms with E-state index in [1.807, 2.05) is 43.1 Å². The first-order valence-electron chi connectivity index (χ1n) is 6.95. The second kappa shape index (κ2) is 6.86. The van der Waals surface area contributed by atoms with Crippen LogP contribution in [0.25, 0.3) is 0 Å². The fourth-order valence-electron chi connectivity index (χ4n) is 1.78. The van der Waals surface area contributed by atoms with Gasteiger partial charge in [0.2, 0.25) is 5.91 Å². The molecule has 0 aromatic heterocycles. The summed E-state index contributed by atoms with van der Waals surface area (Å²) in [7, 11) is 1.82. The van der Waals surface area contributed by atoms with E-state index in [0.29, 0.717) is 0 Å². The van der Waals surface area contributed by atoms with E-state index in [-0.39, 0.29) is 30.5 Å². The summed E-state index contributed by atoms with van der Waals surface area (Å²) in [5.74, 6) is -0.0729. The summed E-state index contributed by atoms with van der Waals surface area (Å²) in [5, 5.41) is 11.9. The van der Waals surface area contributed by atoms with Crippen molar-refractivity contribution in [2.24, 2.45) is 0 Å². The molecule has 0 radical (unpaired) electrons. The number of nitrogens with one attached hydrogen (secondary N) is 1. The van der Waals surface area contributed by atoms with Crippen LogP contribution < -0.4 is 5.32 Å². The number of hydrogen-bond acceptors (Lipinski definition) is 3. The lowest BCUT2D eigenvalue weighted by molar-refractivity contribution is -0.117. The Morgan fingerprint density at radius 2 is 1.85 bits per heavy atom. The van der Waals surface area contributed by atoms with Crippen LogP contribution in [0.5, 0.6) is 0 Å². The van der Waals surface area contributed by atoms with Gasteiger partial charge in [-0.05, 0) is 37.1 Å². The van der Waals surface area contributed by atoms with Gasteiger partial charge < -0.3 is 10.4 Å². The van der Waals surface area contributed by atoms with Crippen LogP contribution in [0.4, 0.5) is 5.69 Å². The Hall–Kier alpha value is -1.39. The molecule has 1 rings (SSSR count). The van der Waals surface area contributed by atoms with Crippen LogP contribution in [0.15, 0.2) is 24.3 Å². The second-order valence-corrected chi connectivity index (χ2v) is 6.32. The lowest BCUT2D eigenvalue weighted by atomic mass is 9.87. The Bertz CT molecular complexity index is 435. The Balaban J connectivity index is 2.59. The first kappa shape index (κ1) is 16.7. The molecule has 1 aromatic carbocycles. The molecule has 1 atom stereocenters. The van der Waals surface area contributed by atoms with E-state index in [1.165, 1.54) is 5.56 Å². The number of anilines is 1. The summed E-state index contributed by atoms with van der Waals surface area (Å²) in [6.07, 6.45) is 0. The summed E-state index contributed by atoms with van der Waals surface area (Å²) in [5.41, 5.74) is 2.15. The van der Waals surface area contributed by atoms with Gasteiger partial charge in [-0.1, -0.05) is 32.9 Å². The van der Waals surface area contributed by atoms with Crippen LogP contribution in [0.3, 0.4) is 0 Å². The minimum absolute atomic E-state index is 0.0241. The van der Waals surface area contributed by atoms with Gasteiger partial charge in [0.15, 0.2) is 0 Å². The summed E-state index contributed by atoms with van der Waals surface area (Å²) < 4.78 is 0. The van der Waals surface area contributed by atoms with Crippen LogP contribution in [0.1, 0.15) is 33.3 Å². The van der Waals surface area contributed by atoms with Crippen molar-refractivity contribution in [3.63, 3.8) is 0 Å². The molecule has 1 unspecified atom stereocenters. The van der Waals surface area contributed by atoms with Crippen molar-refractivity contribution in [3.05, 3.63) is 29.8 Å². The van der Waals surface area contributed by atoms with Gasteiger partial charge in [-0.25, -0.2) is 0 Å². The van der Waals surface area contributed by atoms with Gasteiger partial charge in [-0.2, -0.15) is 0 Å². The maximum absolute atomic E-state index is 11.9. The van der Waals surface area contributed by atoms with Crippen molar-refractivity contribution in [3.8, 4) is 0 Å². The average molecular weight is 278 g/mol. The van der Waals surface area contributed by atoms with E-state index in [9.17, 15) is 4.79 Å². The Morgan fingerprint density at radius 1 is 1.30 bits per heavy atom. The Morgan fingerprint density at radius 3 is 2.30 bits per heavy atom. The van der Waals surface area contributed by atoms with Crippen molar-refractivity contribution >= 4 is 11.6 Å². The fraction of sp³-hybridized carbons (Fsp3) is 0.562. The molecule has 0 aliphatic heterocycles. The molecule has 0 aliphatic rings. The van der Waals surface area contributed by atoms with E-state index >= 15 is 0 Å². The zero-order chi connectivity index (χ0) is 15.3. The quantitative estimate of drug-likeness (QED) is 0.868. The first-order valence-corrected chi connectivity index (χ1v) is 6.95. The van der Waals surface area contributed by atoms with Crippen LogP contribution in [0, 0.1) is 0 Å². The number of likely N-dealkylation sites (N-methyl/N-ethyl adjacent to an activating group) is 1. The van der Waals surface area contributed by atoms with Crippen molar-refractivity contribution in [1.29, 1.82) is 0 Å². The lowest BCUT2D eigenvalue weighted by Gasteiger charge is -2.22. The molecule has 20 heavy (non-hydrogen) atoms. The highest BCUT2D eigenvalue weighted by Gasteiger charge is 2.14. The third-order valence-electron chi connectivity index (χ3n) is 3.44. The summed E-state index contributed by atoms with van der Waals surface area (Å²) in [6, 6.07) is 7.90. The molecule has 0 fully saturated rings. The molecule has 0 saturated heterocycles. The highest BCUT2D eigenvalue weighted by atomic mass is 16.3. The number of carbonyl (C=O) groups is 1. The molecular formula is C16H26N2O2. The number of nitrogens with zero attached hydrogens (tertiary/aromatic N) is 1. The molecule has 0 bridgehead atoms. The minimum Gasteiger partial charge on any atom is -0.395 e. The van der Waals surface area contributed by atoms with Gasteiger partial charge in [-0.15, -0.1) is 0 Å². The molecule has 1 aromatic rings. The van der Waals surface area contributed by atoms with Crippen LogP contribution in [-0.2, 0) is 10.2 Å². The maximum atomic E-state index is 11.9. The zero-order valence-corrected chi connectivity index (χ0v) is 13.1. The zero-order valence-electron chi connectivity index (χ0n) is 13.1. The maximum Gasteiger partial charge on any atom is 0.238 e. The second-order valence-electron chi connectivity index (χ2n) is 6.32. The van der Waals surface area contributed by atoms with Gasteiger partial charge in [0.25, 0.3) is 0 Å². The third kappa shape index (κ3) is 4.94. The van der Waals surface area contributed by atoms with Gasteiger partial charge in [0.1, 0.15) is 0 Å². The van der Waals surface area contributed by atoms with E-state index in [1.54, 1.807) is 0 Å². The van der Waals surface area contributed by atoms with Crippen molar-refractivity contribution in [2.45, 2.75) is 39.2 Å². The average Bonchev–Trinajstić information content (AvgIpc) is 2.37. The van der Waals surface area contributed by atoms with Crippen molar-refractivity contribution < 1.29 is 9.90 Å². The van der Waals surface area contributed by atoms with E-state index < -0.39 is 0 Å². The number of rotatable bonds is 5. The minimum atomic E-state index is -0.0729. The van der Waals surface area contributed by atoms with E-state index in [0.717, 1.165) is 5.69 Å². The van der Waals surface area contributed by atoms with Crippen LogP contribution >= 0.6 is 0 Å². The molecule has 0 aliphatic carbocycles. The SMILES string of the molecule is CC(CO)N(C)CC(=O)Nc1ccc(C(C)(C)C)cc1. The van der Waals surface area contributed by atoms with Crippen molar-refractivity contribution in [1.82, 2.24) is 4.90 Å². The molecule has 4 nitrogen and oxygen atoms in total. The molecular weight excluding hydrogens is 252 g/mol. The largest absolute Gasteiger partial charge is 0.395 e. The number of aliphatic hydroxyl groups is 1. The molecule has 1 amide bonds. The van der Waals surface area contributed by atoms with Gasteiger partial charge in [-0.3, -0.25) is 9.69 Å². The van der Waals surface area contributed by atoms with Gasteiger partial charge in [0, 0.05) is 11.7 Å². The first-order chi connectivity index (χ1) is 9.24. The number of aliphatic hydroxyl groups excluding tert-OH is 1. The summed E-state index contributed by atoms with van der Waals surface area (Å²) in [4.78, 5) is 13.7. The fourth-order valence-corrected chi connectivity index (χ4v) is 1.78. The number of benzene rings is 1. The lowest BCUT2D eigenvalue weighted by Crippen LogP contribution is -2.38. The predicted octanol–water partition coefficient (Wildman–Crippen LogP) is 2.24. The summed E-state index contributed by atoms with van der Waals surface area (Å²) >= 11 is 0. The van der Waals surface area contributed by atoms with Gasteiger partial charge >= 0.3 is 0 Å². The standard InChI is InChI=1S/C16H26N2O2/c1-12(11-19)18(5)10-15(20)17-14-8-6-13(7-9-14)16(2,3)4/h6-9,12,19H,10-11H2,1-5H3,(H,17,20). The number of carbonyl (C=O) groups excluding carboxylic acids is 1. The highest BCUT2D eigenvalue weighted by molar-refractivity contribution is 5.92. The normalized spacial score (nSPS) is 13.3. The molecule has 2 N–H and O–H groups in total. The molecule has 0 heterocycles. The smallest absolute Gasteiger partial charge is 0.238 e.